The molecule has 8 nitrogen and oxygen atoms in total. The normalized spacial score (nSPS) is 20.3. The molecular weight excluding hydrogens is 410 g/mol. The molecule has 2 aliphatic heterocycles. The van der Waals surface area contributed by atoms with Crippen LogP contribution in [-0.4, -0.2) is 43.8 Å². The zero-order valence-electron chi connectivity index (χ0n) is 16.5. The van der Waals surface area contributed by atoms with Crippen LogP contribution in [0.15, 0.2) is 47.6 Å². The number of rotatable bonds is 4. The number of hydrogen-bond donors (Lipinski definition) is 0. The third-order valence-corrected chi connectivity index (χ3v) is 5.67. The Labute approximate surface area is 177 Å². The molecule has 9 heteroatoms. The van der Waals surface area contributed by atoms with E-state index in [1.54, 1.807) is 49.4 Å². The maximum Gasteiger partial charge on any atom is 0.355 e. The minimum atomic E-state index is -1.10. The standard InChI is InChI=1S/C21H18ClN3O5/c1-11-12(22)7-6-9-13(11)24-19(26)16-17(21(28)30-3)23-25(18(16)20(24)27)14-8-4-5-10-15(14)29-2/h4-10,16,18H,1-3H3/t16-,18+/m0/s1. The number of amides is 2. The molecule has 0 N–H and O–H groups in total. The number of methoxy groups -OCH3 is 2. The Kier molecular flexibility index (Phi) is 4.95. The fourth-order valence-corrected chi connectivity index (χ4v) is 3.95. The van der Waals surface area contributed by atoms with E-state index in [0.29, 0.717) is 27.7 Å². The first kappa shape index (κ1) is 19.9. The second-order valence-electron chi connectivity index (χ2n) is 6.81. The van der Waals surface area contributed by atoms with Crippen LogP contribution in [0.3, 0.4) is 0 Å². The predicted molar refractivity (Wildman–Crippen MR) is 111 cm³/mol. The van der Waals surface area contributed by atoms with Gasteiger partial charge in [-0.15, -0.1) is 0 Å². The number of para-hydroxylation sites is 2. The molecule has 1 fully saturated rings. The number of carbonyl (C=O) groups excluding carboxylic acids is 3. The van der Waals surface area contributed by atoms with Crippen molar-refractivity contribution in [1.29, 1.82) is 0 Å². The molecule has 0 unspecified atom stereocenters. The molecule has 2 atom stereocenters. The number of benzene rings is 2. The first-order chi connectivity index (χ1) is 14.4. The number of fused-ring (bicyclic) bond motifs is 1. The van der Waals surface area contributed by atoms with E-state index in [0.717, 1.165) is 4.90 Å². The van der Waals surface area contributed by atoms with Gasteiger partial charge in [0.25, 0.3) is 5.91 Å². The highest BCUT2D eigenvalue weighted by Gasteiger charge is 2.59. The number of nitrogens with zero attached hydrogens (tertiary/aromatic N) is 3. The van der Waals surface area contributed by atoms with Crippen molar-refractivity contribution < 1.29 is 23.9 Å². The third kappa shape index (κ3) is 2.83. The van der Waals surface area contributed by atoms with Crippen molar-refractivity contribution in [1.82, 2.24) is 0 Å². The topological polar surface area (TPSA) is 88.5 Å². The number of esters is 1. The zero-order chi connectivity index (χ0) is 21.6. The van der Waals surface area contributed by atoms with Crippen LogP contribution in [0.2, 0.25) is 5.02 Å². The summed E-state index contributed by atoms with van der Waals surface area (Å²) in [4.78, 5) is 40.3. The zero-order valence-corrected chi connectivity index (χ0v) is 17.2. The van der Waals surface area contributed by atoms with Crippen LogP contribution < -0.4 is 14.6 Å². The van der Waals surface area contributed by atoms with E-state index in [1.165, 1.54) is 19.2 Å². The SMILES string of the molecule is COC(=O)C1=NN(c2ccccc2OC)[C@H]2C(=O)N(c3cccc(Cl)c3C)C(=O)[C@@H]12. The summed E-state index contributed by atoms with van der Waals surface area (Å²) in [5, 5.41) is 6.07. The minimum Gasteiger partial charge on any atom is -0.495 e. The summed E-state index contributed by atoms with van der Waals surface area (Å²) in [6.45, 7) is 1.72. The lowest BCUT2D eigenvalue weighted by molar-refractivity contribution is -0.133. The lowest BCUT2D eigenvalue weighted by Crippen LogP contribution is -2.39. The monoisotopic (exact) mass is 427 g/mol. The quantitative estimate of drug-likeness (QED) is 0.550. The van der Waals surface area contributed by atoms with Gasteiger partial charge in [0.15, 0.2) is 5.71 Å². The highest BCUT2D eigenvalue weighted by Crippen LogP contribution is 2.42. The molecule has 0 bridgehead atoms. The van der Waals surface area contributed by atoms with Crippen molar-refractivity contribution >= 4 is 46.5 Å². The Hall–Kier alpha value is -3.39. The fraction of sp³-hybridized carbons (Fsp3) is 0.238. The molecule has 0 saturated carbocycles. The predicted octanol–water partition coefficient (Wildman–Crippen LogP) is 2.56. The van der Waals surface area contributed by atoms with Crippen LogP contribution >= 0.6 is 11.6 Å². The van der Waals surface area contributed by atoms with Crippen molar-refractivity contribution in [2.45, 2.75) is 13.0 Å². The van der Waals surface area contributed by atoms with Crippen molar-refractivity contribution in [3.05, 3.63) is 53.1 Å². The fourth-order valence-electron chi connectivity index (χ4n) is 3.78. The van der Waals surface area contributed by atoms with Gasteiger partial charge in [-0.05, 0) is 36.8 Å². The second-order valence-corrected chi connectivity index (χ2v) is 7.22. The number of imide groups is 1. The minimum absolute atomic E-state index is 0.131. The Balaban J connectivity index is 1.86. The van der Waals surface area contributed by atoms with Crippen molar-refractivity contribution in [2.75, 3.05) is 24.1 Å². The molecule has 30 heavy (non-hydrogen) atoms. The lowest BCUT2D eigenvalue weighted by atomic mass is 9.97. The van der Waals surface area contributed by atoms with Crippen LogP contribution in [0.4, 0.5) is 11.4 Å². The molecular formula is C21H18ClN3O5. The Morgan fingerprint density at radius 1 is 1.03 bits per heavy atom. The summed E-state index contributed by atoms with van der Waals surface area (Å²) in [5.74, 6) is -2.49. The summed E-state index contributed by atoms with van der Waals surface area (Å²) in [5.41, 5.74) is 1.28. The van der Waals surface area contributed by atoms with Gasteiger partial charge in [-0.25, -0.2) is 14.7 Å². The molecule has 154 valence electrons. The molecule has 2 heterocycles. The largest absolute Gasteiger partial charge is 0.495 e. The van der Waals surface area contributed by atoms with Crippen LogP contribution in [0, 0.1) is 12.8 Å². The Morgan fingerprint density at radius 2 is 1.73 bits per heavy atom. The third-order valence-electron chi connectivity index (χ3n) is 5.26. The van der Waals surface area contributed by atoms with Gasteiger partial charge in [-0.2, -0.15) is 5.10 Å². The molecule has 0 radical (unpaired) electrons. The first-order valence-corrected chi connectivity index (χ1v) is 9.50. The summed E-state index contributed by atoms with van der Waals surface area (Å²) < 4.78 is 10.2. The molecule has 2 aromatic carbocycles. The van der Waals surface area contributed by atoms with E-state index < -0.39 is 29.7 Å². The van der Waals surface area contributed by atoms with Crippen molar-refractivity contribution in [2.24, 2.45) is 11.0 Å². The van der Waals surface area contributed by atoms with Gasteiger partial charge in [0, 0.05) is 5.02 Å². The number of hydrazone groups is 1. The molecule has 0 aromatic heterocycles. The van der Waals surface area contributed by atoms with Crippen molar-refractivity contribution in [3.63, 3.8) is 0 Å². The number of halogens is 1. The molecule has 0 aliphatic carbocycles. The van der Waals surface area contributed by atoms with E-state index in [1.807, 2.05) is 0 Å². The Bertz CT molecular complexity index is 1100. The van der Waals surface area contributed by atoms with E-state index in [2.05, 4.69) is 5.10 Å². The highest BCUT2D eigenvalue weighted by molar-refractivity contribution is 6.47. The average molecular weight is 428 g/mol. The molecule has 1 saturated heterocycles. The van der Waals surface area contributed by atoms with E-state index in [-0.39, 0.29) is 5.71 Å². The molecule has 2 aromatic rings. The van der Waals surface area contributed by atoms with Gasteiger partial charge < -0.3 is 9.47 Å². The number of anilines is 2. The summed E-state index contributed by atoms with van der Waals surface area (Å²) >= 11 is 6.20. The van der Waals surface area contributed by atoms with E-state index in [4.69, 9.17) is 21.1 Å². The first-order valence-electron chi connectivity index (χ1n) is 9.12. The van der Waals surface area contributed by atoms with Crippen LogP contribution in [0.1, 0.15) is 5.56 Å². The maximum atomic E-state index is 13.5. The molecule has 4 rings (SSSR count). The number of carbonyl (C=O) groups is 3. The Morgan fingerprint density at radius 3 is 2.43 bits per heavy atom. The maximum absolute atomic E-state index is 13.5. The second kappa shape index (κ2) is 7.46. The number of ether oxygens (including phenoxy) is 2. The smallest absolute Gasteiger partial charge is 0.355 e. The molecule has 0 spiro atoms. The van der Waals surface area contributed by atoms with Crippen LogP contribution in [0.25, 0.3) is 0 Å². The molecule has 2 aliphatic rings. The average Bonchev–Trinajstić information content (AvgIpc) is 3.27. The summed E-state index contributed by atoms with van der Waals surface area (Å²) in [6, 6.07) is 10.9. The van der Waals surface area contributed by atoms with Gasteiger partial charge in [-0.3, -0.25) is 9.59 Å². The van der Waals surface area contributed by atoms with Gasteiger partial charge in [0.1, 0.15) is 23.4 Å². The van der Waals surface area contributed by atoms with E-state index in [9.17, 15) is 14.4 Å². The van der Waals surface area contributed by atoms with Crippen LogP contribution in [0.5, 0.6) is 5.75 Å². The highest BCUT2D eigenvalue weighted by atomic mass is 35.5. The van der Waals surface area contributed by atoms with E-state index >= 15 is 0 Å². The molecule has 2 amide bonds. The van der Waals surface area contributed by atoms with Crippen LogP contribution in [-0.2, 0) is 19.1 Å². The summed E-state index contributed by atoms with van der Waals surface area (Å²) in [7, 11) is 2.69. The van der Waals surface area contributed by atoms with Gasteiger partial charge in [0.2, 0.25) is 5.91 Å². The lowest BCUT2D eigenvalue weighted by Gasteiger charge is -2.24. The summed E-state index contributed by atoms with van der Waals surface area (Å²) in [6.07, 6.45) is 0. The van der Waals surface area contributed by atoms with Gasteiger partial charge >= 0.3 is 5.97 Å². The van der Waals surface area contributed by atoms with Crippen molar-refractivity contribution in [3.8, 4) is 5.75 Å². The number of hydrogen-bond acceptors (Lipinski definition) is 7. The van der Waals surface area contributed by atoms with Gasteiger partial charge in [-0.1, -0.05) is 29.8 Å². The van der Waals surface area contributed by atoms with Gasteiger partial charge in [0.05, 0.1) is 19.9 Å².